The van der Waals surface area contributed by atoms with Crippen LogP contribution in [-0.2, 0) is 20.7 Å². The summed E-state index contributed by atoms with van der Waals surface area (Å²) in [5.74, 6) is 0.475. The fourth-order valence-electron chi connectivity index (χ4n) is 4.95. The van der Waals surface area contributed by atoms with E-state index in [1.807, 2.05) is 0 Å². The van der Waals surface area contributed by atoms with Gasteiger partial charge in [-0.05, 0) is 50.5 Å². The fourth-order valence-corrected chi connectivity index (χ4v) is 4.95. The zero-order chi connectivity index (χ0) is 24.0. The van der Waals surface area contributed by atoms with Crippen molar-refractivity contribution < 1.29 is 14.3 Å². The van der Waals surface area contributed by atoms with E-state index in [4.69, 9.17) is 14.3 Å². The molecular formula is C28H49NO3. The minimum Gasteiger partial charge on any atom is -0.349 e. The molecule has 0 N–H and O–H groups in total. The zero-order valence-electron chi connectivity index (χ0n) is 22.2. The standard InChI is InChI=1S/C28H49NO3/c1-10-26(8)21-28(30-19-22(3)4,31-20-23(5)6)24(7)27(9,11-2)29(26)32-18-17-25-15-13-12-14-16-25/h12-16,22-24H,10-11,17-21H2,1-9H3. The van der Waals surface area contributed by atoms with Crippen LogP contribution >= 0.6 is 0 Å². The molecule has 0 aromatic heterocycles. The van der Waals surface area contributed by atoms with Gasteiger partial charge in [0, 0.05) is 17.9 Å². The topological polar surface area (TPSA) is 30.9 Å². The van der Waals surface area contributed by atoms with E-state index < -0.39 is 5.79 Å². The Labute approximate surface area is 198 Å². The molecule has 1 fully saturated rings. The molecule has 32 heavy (non-hydrogen) atoms. The van der Waals surface area contributed by atoms with Gasteiger partial charge in [-0.25, -0.2) is 0 Å². The summed E-state index contributed by atoms with van der Waals surface area (Å²) in [6, 6.07) is 10.6. The monoisotopic (exact) mass is 447 g/mol. The quantitative estimate of drug-likeness (QED) is 0.327. The molecule has 2 rings (SSSR count). The number of benzene rings is 1. The van der Waals surface area contributed by atoms with Crippen LogP contribution in [0.1, 0.15) is 87.1 Å². The van der Waals surface area contributed by atoms with Crippen molar-refractivity contribution in [2.45, 2.75) is 105 Å². The Morgan fingerprint density at radius 3 is 1.97 bits per heavy atom. The lowest BCUT2D eigenvalue weighted by Crippen LogP contribution is -2.72. The van der Waals surface area contributed by atoms with Crippen molar-refractivity contribution in [3.63, 3.8) is 0 Å². The highest BCUT2D eigenvalue weighted by molar-refractivity contribution is 5.14. The van der Waals surface area contributed by atoms with Crippen LogP contribution in [0.15, 0.2) is 30.3 Å². The van der Waals surface area contributed by atoms with E-state index in [2.05, 4.69) is 97.7 Å². The number of rotatable bonds is 12. The molecule has 1 aromatic carbocycles. The summed E-state index contributed by atoms with van der Waals surface area (Å²) in [7, 11) is 0. The predicted molar refractivity (Wildman–Crippen MR) is 133 cm³/mol. The molecule has 184 valence electrons. The van der Waals surface area contributed by atoms with Crippen LogP contribution in [0.4, 0.5) is 0 Å². The van der Waals surface area contributed by atoms with Gasteiger partial charge in [0.25, 0.3) is 0 Å². The van der Waals surface area contributed by atoms with Crippen molar-refractivity contribution in [2.75, 3.05) is 19.8 Å². The van der Waals surface area contributed by atoms with Crippen LogP contribution in [0.25, 0.3) is 0 Å². The number of piperidine rings is 1. The maximum Gasteiger partial charge on any atom is 0.174 e. The first-order chi connectivity index (χ1) is 15.0. The van der Waals surface area contributed by atoms with E-state index in [1.165, 1.54) is 5.56 Å². The molecule has 1 aromatic rings. The molecule has 0 amide bonds. The Morgan fingerprint density at radius 1 is 0.938 bits per heavy atom. The molecule has 4 heteroatoms. The lowest BCUT2D eigenvalue weighted by molar-refractivity contribution is -0.389. The lowest BCUT2D eigenvalue weighted by atomic mass is 9.67. The second-order valence-electron chi connectivity index (χ2n) is 11.0. The summed E-state index contributed by atoms with van der Waals surface area (Å²) in [6.07, 6.45) is 3.65. The second-order valence-corrected chi connectivity index (χ2v) is 11.0. The smallest absolute Gasteiger partial charge is 0.174 e. The number of nitrogens with zero attached hydrogens (tertiary/aromatic N) is 1. The third-order valence-electron chi connectivity index (χ3n) is 7.43. The van der Waals surface area contributed by atoms with Gasteiger partial charge in [0.15, 0.2) is 5.79 Å². The molecule has 0 radical (unpaired) electrons. The third-order valence-corrected chi connectivity index (χ3v) is 7.43. The fraction of sp³-hybridized carbons (Fsp3) is 0.786. The normalized spacial score (nSPS) is 28.5. The van der Waals surface area contributed by atoms with E-state index in [9.17, 15) is 0 Å². The maximum atomic E-state index is 6.71. The van der Waals surface area contributed by atoms with Gasteiger partial charge in [0.1, 0.15) is 0 Å². The molecule has 1 saturated heterocycles. The molecule has 0 bridgehead atoms. The Bertz CT molecular complexity index is 665. The van der Waals surface area contributed by atoms with Gasteiger partial charge < -0.3 is 9.47 Å². The first-order valence-electron chi connectivity index (χ1n) is 12.8. The molecule has 1 aliphatic heterocycles. The predicted octanol–water partition coefficient (Wildman–Crippen LogP) is 6.88. The van der Waals surface area contributed by atoms with Gasteiger partial charge in [0.2, 0.25) is 0 Å². The summed E-state index contributed by atoms with van der Waals surface area (Å²) in [5.41, 5.74) is 0.930. The first-order valence-corrected chi connectivity index (χ1v) is 12.8. The molecule has 0 aliphatic carbocycles. The third kappa shape index (κ3) is 6.14. The molecule has 3 unspecified atom stereocenters. The molecule has 1 aliphatic rings. The van der Waals surface area contributed by atoms with Crippen molar-refractivity contribution >= 4 is 0 Å². The van der Waals surface area contributed by atoms with E-state index in [-0.39, 0.29) is 17.0 Å². The molecule has 1 heterocycles. The summed E-state index contributed by atoms with van der Waals surface area (Å²) in [5, 5.41) is 2.32. The molecule has 0 saturated carbocycles. The average Bonchev–Trinajstić information content (AvgIpc) is 2.77. The van der Waals surface area contributed by atoms with Gasteiger partial charge in [0.05, 0.1) is 25.4 Å². The largest absolute Gasteiger partial charge is 0.349 e. The highest BCUT2D eigenvalue weighted by Crippen LogP contribution is 2.52. The maximum absolute atomic E-state index is 6.71. The van der Waals surface area contributed by atoms with Crippen LogP contribution in [0.5, 0.6) is 0 Å². The second kappa shape index (κ2) is 11.5. The summed E-state index contributed by atoms with van der Waals surface area (Å²) in [4.78, 5) is 6.64. The zero-order valence-corrected chi connectivity index (χ0v) is 22.2. The number of hydrogen-bond acceptors (Lipinski definition) is 4. The van der Waals surface area contributed by atoms with Crippen LogP contribution < -0.4 is 0 Å². The van der Waals surface area contributed by atoms with Gasteiger partial charge in [-0.15, -0.1) is 0 Å². The van der Waals surface area contributed by atoms with Gasteiger partial charge in [-0.1, -0.05) is 78.8 Å². The number of hydrogen-bond donors (Lipinski definition) is 0. The summed E-state index contributed by atoms with van der Waals surface area (Å²) < 4.78 is 13.4. The minimum absolute atomic E-state index is 0.161. The molecule has 3 atom stereocenters. The summed E-state index contributed by atoms with van der Waals surface area (Å²) in [6.45, 7) is 22.4. The first kappa shape index (κ1) is 27.3. The lowest BCUT2D eigenvalue weighted by Gasteiger charge is -2.63. The molecule has 4 nitrogen and oxygen atoms in total. The van der Waals surface area contributed by atoms with E-state index in [1.54, 1.807) is 0 Å². The number of hydroxylamine groups is 2. The van der Waals surface area contributed by atoms with Gasteiger partial charge in [-0.3, -0.25) is 4.84 Å². The average molecular weight is 448 g/mol. The molecule has 0 spiro atoms. The molecular weight excluding hydrogens is 398 g/mol. The Morgan fingerprint density at radius 2 is 1.50 bits per heavy atom. The highest BCUT2D eigenvalue weighted by atomic mass is 16.7. The van der Waals surface area contributed by atoms with Crippen LogP contribution in [0.2, 0.25) is 0 Å². The van der Waals surface area contributed by atoms with Crippen molar-refractivity contribution in [3.05, 3.63) is 35.9 Å². The Hall–Kier alpha value is -0.940. The van der Waals surface area contributed by atoms with Gasteiger partial charge >= 0.3 is 0 Å². The van der Waals surface area contributed by atoms with E-state index >= 15 is 0 Å². The Kier molecular flexibility index (Phi) is 9.78. The van der Waals surface area contributed by atoms with Crippen molar-refractivity contribution in [2.24, 2.45) is 17.8 Å². The van der Waals surface area contributed by atoms with Crippen LogP contribution in [0, 0.1) is 17.8 Å². The summed E-state index contributed by atoms with van der Waals surface area (Å²) >= 11 is 0. The van der Waals surface area contributed by atoms with Gasteiger partial charge in [-0.2, -0.15) is 5.06 Å². The van der Waals surface area contributed by atoms with Crippen LogP contribution in [0.3, 0.4) is 0 Å². The van der Waals surface area contributed by atoms with Crippen molar-refractivity contribution in [1.82, 2.24) is 5.06 Å². The Balaban J connectivity index is 2.34. The van der Waals surface area contributed by atoms with E-state index in [0.717, 1.165) is 25.7 Å². The van der Waals surface area contributed by atoms with Crippen LogP contribution in [-0.4, -0.2) is 41.7 Å². The SMILES string of the molecule is CCC1(C)CC(OCC(C)C)(OCC(C)C)C(C)C(C)(CC)N1OCCc1ccccc1. The minimum atomic E-state index is -0.608. The highest BCUT2D eigenvalue weighted by Gasteiger charge is 2.61. The van der Waals surface area contributed by atoms with Crippen molar-refractivity contribution in [1.29, 1.82) is 0 Å². The van der Waals surface area contributed by atoms with E-state index in [0.29, 0.717) is 31.7 Å². The number of ether oxygens (including phenoxy) is 2. The van der Waals surface area contributed by atoms with Crippen molar-refractivity contribution in [3.8, 4) is 0 Å².